The molecule has 1 aliphatic heterocycles. The van der Waals surface area contributed by atoms with Gasteiger partial charge in [0.05, 0.1) is 10.8 Å². The first kappa shape index (κ1) is 17.1. The summed E-state index contributed by atoms with van der Waals surface area (Å²) in [6.07, 6.45) is 0.202. The van der Waals surface area contributed by atoms with Crippen LogP contribution in [0.5, 0.6) is 0 Å². The minimum atomic E-state index is -3.40. The van der Waals surface area contributed by atoms with Crippen LogP contribution in [0.1, 0.15) is 18.9 Å². The number of amides is 1. The van der Waals surface area contributed by atoms with E-state index in [1.165, 1.54) is 6.07 Å². The highest BCUT2D eigenvalue weighted by molar-refractivity contribution is 7.89. The minimum Gasteiger partial charge on any atom is -0.351 e. The van der Waals surface area contributed by atoms with Crippen molar-refractivity contribution in [2.24, 2.45) is 0 Å². The Hall–Kier alpha value is -1.25. The predicted octanol–water partition coefficient (Wildman–Crippen LogP) is 1.66. The fourth-order valence-electron chi connectivity index (χ4n) is 2.40. The largest absolute Gasteiger partial charge is 0.351 e. The van der Waals surface area contributed by atoms with Crippen molar-refractivity contribution in [2.75, 3.05) is 12.3 Å². The van der Waals surface area contributed by atoms with Crippen LogP contribution in [0.2, 0.25) is 5.02 Å². The summed E-state index contributed by atoms with van der Waals surface area (Å²) < 4.78 is 50.9. The predicted molar refractivity (Wildman–Crippen MR) is 77.8 cm³/mol. The number of benzene rings is 1. The molecule has 2 rings (SSSR count). The third kappa shape index (κ3) is 3.23. The number of carbonyl (C=O) groups excluding carboxylic acids is 1. The molecule has 1 aliphatic rings. The molecule has 1 heterocycles. The first-order valence-electron chi connectivity index (χ1n) is 6.67. The molecular formula is C13H15ClF2N2O3S. The summed E-state index contributed by atoms with van der Waals surface area (Å²) in [7, 11) is -3.40. The Morgan fingerprint density at radius 1 is 1.45 bits per heavy atom. The Labute approximate surface area is 132 Å². The standard InChI is InChI=1S/C13H15ClF2N2O3S/c1-2-18-10(5-6-22(18,20)21)13(19)17-7-8-3-4-9(15)12(16)11(8)14/h3-4,10H,2,5-7H2,1H3,(H,17,19). The smallest absolute Gasteiger partial charge is 0.238 e. The second-order valence-electron chi connectivity index (χ2n) is 4.88. The van der Waals surface area contributed by atoms with E-state index in [4.69, 9.17) is 11.6 Å². The van der Waals surface area contributed by atoms with Crippen molar-refractivity contribution in [1.82, 2.24) is 9.62 Å². The van der Waals surface area contributed by atoms with Crippen molar-refractivity contribution in [3.05, 3.63) is 34.4 Å². The Morgan fingerprint density at radius 3 is 2.77 bits per heavy atom. The van der Waals surface area contributed by atoms with E-state index >= 15 is 0 Å². The quantitative estimate of drug-likeness (QED) is 0.838. The van der Waals surface area contributed by atoms with Crippen LogP contribution < -0.4 is 5.32 Å². The van der Waals surface area contributed by atoms with Gasteiger partial charge in [-0.05, 0) is 18.1 Å². The van der Waals surface area contributed by atoms with Crippen molar-refractivity contribution in [3.63, 3.8) is 0 Å². The highest BCUT2D eigenvalue weighted by atomic mass is 35.5. The van der Waals surface area contributed by atoms with Crippen molar-refractivity contribution in [3.8, 4) is 0 Å². The van der Waals surface area contributed by atoms with Crippen LogP contribution in [0, 0.1) is 11.6 Å². The zero-order chi connectivity index (χ0) is 16.5. The van der Waals surface area contributed by atoms with E-state index in [2.05, 4.69) is 5.32 Å². The number of carbonyl (C=O) groups is 1. The average molecular weight is 353 g/mol. The fraction of sp³-hybridized carbons (Fsp3) is 0.462. The van der Waals surface area contributed by atoms with Gasteiger partial charge in [-0.25, -0.2) is 17.2 Å². The van der Waals surface area contributed by atoms with Gasteiger partial charge in [0.1, 0.15) is 6.04 Å². The second-order valence-corrected chi connectivity index (χ2v) is 7.30. The Kier molecular flexibility index (Phi) is 5.03. The lowest BCUT2D eigenvalue weighted by Gasteiger charge is -2.20. The zero-order valence-corrected chi connectivity index (χ0v) is 13.3. The lowest BCUT2D eigenvalue weighted by Crippen LogP contribution is -2.44. The van der Waals surface area contributed by atoms with E-state index in [1.807, 2.05) is 0 Å². The van der Waals surface area contributed by atoms with Crippen LogP contribution in [0.25, 0.3) is 0 Å². The number of hydrogen-bond acceptors (Lipinski definition) is 3. The van der Waals surface area contributed by atoms with Gasteiger partial charge in [-0.1, -0.05) is 24.6 Å². The molecule has 1 aromatic carbocycles. The molecule has 0 aliphatic carbocycles. The minimum absolute atomic E-state index is 0.0785. The topological polar surface area (TPSA) is 66.5 Å². The fourth-order valence-corrected chi connectivity index (χ4v) is 4.36. The van der Waals surface area contributed by atoms with Gasteiger partial charge in [-0.15, -0.1) is 0 Å². The maximum atomic E-state index is 13.3. The van der Waals surface area contributed by atoms with E-state index < -0.39 is 38.6 Å². The van der Waals surface area contributed by atoms with Crippen molar-refractivity contribution >= 4 is 27.5 Å². The molecule has 1 saturated heterocycles. The van der Waals surface area contributed by atoms with E-state index in [-0.39, 0.29) is 30.8 Å². The number of nitrogens with zero attached hydrogens (tertiary/aromatic N) is 1. The van der Waals surface area contributed by atoms with Gasteiger partial charge in [0.2, 0.25) is 15.9 Å². The highest BCUT2D eigenvalue weighted by Gasteiger charge is 2.40. The van der Waals surface area contributed by atoms with E-state index in [9.17, 15) is 22.0 Å². The first-order chi connectivity index (χ1) is 10.3. The van der Waals surface area contributed by atoms with Crippen molar-refractivity contribution < 1.29 is 22.0 Å². The van der Waals surface area contributed by atoms with Crippen LogP contribution in [-0.4, -0.2) is 37.0 Å². The van der Waals surface area contributed by atoms with Crippen LogP contribution >= 0.6 is 11.6 Å². The zero-order valence-electron chi connectivity index (χ0n) is 11.8. The van der Waals surface area contributed by atoms with Gasteiger partial charge in [-0.2, -0.15) is 4.31 Å². The van der Waals surface area contributed by atoms with Gasteiger partial charge >= 0.3 is 0 Å². The molecule has 0 spiro atoms. The van der Waals surface area contributed by atoms with Gasteiger partial charge in [0.15, 0.2) is 11.6 Å². The van der Waals surface area contributed by atoms with Crippen LogP contribution in [-0.2, 0) is 21.4 Å². The maximum absolute atomic E-state index is 13.3. The molecular weight excluding hydrogens is 338 g/mol. The van der Waals surface area contributed by atoms with Crippen molar-refractivity contribution in [1.29, 1.82) is 0 Å². The normalized spacial score (nSPS) is 21.0. The molecule has 122 valence electrons. The maximum Gasteiger partial charge on any atom is 0.238 e. The van der Waals surface area contributed by atoms with Crippen LogP contribution in [0.15, 0.2) is 12.1 Å². The lowest BCUT2D eigenvalue weighted by molar-refractivity contribution is -0.124. The van der Waals surface area contributed by atoms with Gasteiger partial charge < -0.3 is 5.32 Å². The number of halogens is 3. The molecule has 1 aromatic rings. The van der Waals surface area contributed by atoms with Crippen LogP contribution in [0.4, 0.5) is 8.78 Å². The third-order valence-electron chi connectivity index (χ3n) is 3.54. The number of sulfonamides is 1. The number of nitrogens with one attached hydrogen (secondary N) is 1. The summed E-state index contributed by atoms with van der Waals surface area (Å²) >= 11 is 5.67. The van der Waals surface area contributed by atoms with Crippen LogP contribution in [0.3, 0.4) is 0 Å². The number of likely N-dealkylation sites (N-methyl/N-ethyl adjacent to an activating group) is 1. The second kappa shape index (κ2) is 6.47. The van der Waals surface area contributed by atoms with Crippen molar-refractivity contribution in [2.45, 2.75) is 25.9 Å². The Balaban J connectivity index is 2.07. The molecule has 9 heteroatoms. The molecule has 0 radical (unpaired) electrons. The lowest BCUT2D eigenvalue weighted by atomic mass is 10.1. The molecule has 0 aromatic heterocycles. The average Bonchev–Trinajstić information content (AvgIpc) is 2.78. The summed E-state index contributed by atoms with van der Waals surface area (Å²) in [5, 5.41) is 2.12. The Bertz CT molecular complexity index is 697. The monoisotopic (exact) mass is 352 g/mol. The van der Waals surface area contributed by atoms with E-state index in [0.717, 1.165) is 10.4 Å². The summed E-state index contributed by atoms with van der Waals surface area (Å²) in [6.45, 7) is 1.74. The summed E-state index contributed by atoms with van der Waals surface area (Å²) in [6, 6.07) is 1.41. The van der Waals surface area contributed by atoms with E-state index in [0.29, 0.717) is 0 Å². The number of rotatable bonds is 4. The molecule has 1 fully saturated rings. The molecule has 0 bridgehead atoms. The SMILES string of the molecule is CCN1C(C(=O)NCc2ccc(F)c(F)c2Cl)CCS1(=O)=O. The molecule has 0 saturated carbocycles. The summed E-state index contributed by atoms with van der Waals surface area (Å²) in [5.74, 6) is -2.81. The summed E-state index contributed by atoms with van der Waals surface area (Å²) in [4.78, 5) is 12.1. The molecule has 5 nitrogen and oxygen atoms in total. The Morgan fingerprint density at radius 2 is 2.14 bits per heavy atom. The molecule has 1 amide bonds. The van der Waals surface area contributed by atoms with Gasteiger partial charge in [-0.3, -0.25) is 4.79 Å². The third-order valence-corrected chi connectivity index (χ3v) is 5.92. The molecule has 1 atom stereocenters. The molecule has 1 unspecified atom stereocenters. The van der Waals surface area contributed by atoms with Gasteiger partial charge in [0, 0.05) is 13.1 Å². The molecule has 22 heavy (non-hydrogen) atoms. The number of hydrogen-bond donors (Lipinski definition) is 1. The molecule has 1 N–H and O–H groups in total. The summed E-state index contributed by atoms with van der Waals surface area (Å²) in [5.41, 5.74) is 0.220. The highest BCUT2D eigenvalue weighted by Crippen LogP contribution is 2.23. The van der Waals surface area contributed by atoms with Gasteiger partial charge in [0.25, 0.3) is 0 Å². The first-order valence-corrected chi connectivity index (χ1v) is 8.66. The van der Waals surface area contributed by atoms with E-state index in [1.54, 1.807) is 6.92 Å².